The molecule has 12 heteroatoms. The van der Waals surface area contributed by atoms with Crippen LogP contribution in [0.3, 0.4) is 0 Å². The zero-order valence-electron chi connectivity index (χ0n) is 18.2. The van der Waals surface area contributed by atoms with Gasteiger partial charge >= 0.3 is 0 Å². The lowest BCUT2D eigenvalue weighted by Gasteiger charge is -2.34. The monoisotopic (exact) mass is 474 g/mol. The van der Waals surface area contributed by atoms with E-state index in [2.05, 4.69) is 15.3 Å². The highest BCUT2D eigenvalue weighted by Crippen LogP contribution is 2.21. The quantitative estimate of drug-likeness (QED) is 0.533. The van der Waals surface area contributed by atoms with Crippen molar-refractivity contribution < 1.29 is 22.3 Å². The summed E-state index contributed by atoms with van der Waals surface area (Å²) in [4.78, 5) is 14.8. The standard InChI is InChI=1S/C21H23FN6O4S/c1-3-18-17(14-23-28(18)19-8-9-20(32-2)25-24-19)21(29)26-10-12-27(13-11-26)33(30,31)16-6-4-15(22)5-7-16/h4-9,14H,3,10-13H2,1-2H3. The number of ether oxygens (including phenoxy) is 1. The highest BCUT2D eigenvalue weighted by atomic mass is 32.2. The van der Waals surface area contributed by atoms with Crippen molar-refractivity contribution in [3.05, 3.63) is 59.7 Å². The van der Waals surface area contributed by atoms with Gasteiger partial charge in [0, 0.05) is 32.2 Å². The third kappa shape index (κ3) is 4.44. The molecule has 3 heterocycles. The molecule has 0 unspecified atom stereocenters. The number of hydrogen-bond acceptors (Lipinski definition) is 7. The van der Waals surface area contributed by atoms with Gasteiger partial charge in [0.15, 0.2) is 5.82 Å². The van der Waals surface area contributed by atoms with E-state index in [1.807, 2.05) is 6.92 Å². The van der Waals surface area contributed by atoms with Crippen LogP contribution >= 0.6 is 0 Å². The number of rotatable bonds is 6. The molecule has 0 aliphatic carbocycles. The van der Waals surface area contributed by atoms with Crippen molar-refractivity contribution in [1.29, 1.82) is 0 Å². The van der Waals surface area contributed by atoms with Gasteiger partial charge in [0.1, 0.15) is 5.82 Å². The van der Waals surface area contributed by atoms with E-state index in [0.717, 1.165) is 12.1 Å². The van der Waals surface area contributed by atoms with Gasteiger partial charge in [-0.2, -0.15) is 9.40 Å². The van der Waals surface area contributed by atoms with Crippen molar-refractivity contribution in [1.82, 2.24) is 29.2 Å². The van der Waals surface area contributed by atoms with E-state index in [4.69, 9.17) is 4.74 Å². The molecule has 0 N–H and O–H groups in total. The molecule has 1 aliphatic heterocycles. The van der Waals surface area contributed by atoms with E-state index in [1.165, 1.54) is 29.7 Å². The SMILES string of the molecule is CCc1c(C(=O)N2CCN(S(=O)(=O)c3ccc(F)cc3)CC2)cnn1-c1ccc(OC)nn1. The van der Waals surface area contributed by atoms with E-state index in [-0.39, 0.29) is 37.0 Å². The minimum Gasteiger partial charge on any atom is -0.480 e. The number of sulfonamides is 1. The molecule has 1 aliphatic rings. The zero-order chi connectivity index (χ0) is 23.6. The van der Waals surface area contributed by atoms with Crippen LogP contribution < -0.4 is 4.74 Å². The summed E-state index contributed by atoms with van der Waals surface area (Å²) in [6.45, 7) is 2.66. The highest BCUT2D eigenvalue weighted by molar-refractivity contribution is 7.89. The Hall–Kier alpha value is -3.38. The first-order chi connectivity index (χ1) is 15.8. The maximum Gasteiger partial charge on any atom is 0.257 e. The van der Waals surface area contributed by atoms with Crippen LogP contribution in [-0.2, 0) is 16.4 Å². The maximum atomic E-state index is 13.2. The minimum atomic E-state index is -3.76. The predicted molar refractivity (Wildman–Crippen MR) is 116 cm³/mol. The Balaban J connectivity index is 1.48. The summed E-state index contributed by atoms with van der Waals surface area (Å²) in [6, 6.07) is 8.07. The van der Waals surface area contributed by atoms with Crippen LogP contribution in [0.2, 0.25) is 0 Å². The van der Waals surface area contributed by atoms with Gasteiger partial charge < -0.3 is 9.64 Å². The fourth-order valence-electron chi connectivity index (χ4n) is 3.68. The van der Waals surface area contributed by atoms with Gasteiger partial charge in [0.25, 0.3) is 5.91 Å². The van der Waals surface area contributed by atoms with Crippen molar-refractivity contribution in [2.24, 2.45) is 0 Å². The number of nitrogens with zero attached hydrogens (tertiary/aromatic N) is 6. The Kier molecular flexibility index (Phi) is 6.38. The molecule has 1 amide bonds. The molecule has 0 spiro atoms. The van der Waals surface area contributed by atoms with E-state index >= 15 is 0 Å². The summed E-state index contributed by atoms with van der Waals surface area (Å²) < 4.78 is 46.7. The lowest BCUT2D eigenvalue weighted by molar-refractivity contribution is 0.0696. The number of piperazine rings is 1. The molecule has 0 radical (unpaired) electrons. The normalized spacial score (nSPS) is 14.9. The van der Waals surface area contributed by atoms with E-state index in [9.17, 15) is 17.6 Å². The second kappa shape index (κ2) is 9.24. The van der Waals surface area contributed by atoms with E-state index in [0.29, 0.717) is 29.4 Å². The molecular formula is C21H23FN6O4S. The third-order valence-corrected chi connectivity index (χ3v) is 7.38. The number of aromatic nitrogens is 4. The summed E-state index contributed by atoms with van der Waals surface area (Å²) in [5, 5.41) is 12.3. The fourth-order valence-corrected chi connectivity index (χ4v) is 5.10. The molecule has 33 heavy (non-hydrogen) atoms. The number of hydrogen-bond donors (Lipinski definition) is 0. The number of carbonyl (C=O) groups excluding carboxylic acids is 1. The van der Waals surface area contributed by atoms with Crippen LogP contribution in [0.5, 0.6) is 5.88 Å². The Morgan fingerprint density at radius 3 is 2.33 bits per heavy atom. The molecule has 2 aromatic heterocycles. The average Bonchev–Trinajstić information content (AvgIpc) is 3.28. The van der Waals surface area contributed by atoms with Gasteiger partial charge in [-0.25, -0.2) is 17.5 Å². The Labute approximate surface area is 190 Å². The van der Waals surface area contributed by atoms with Crippen LogP contribution in [0.25, 0.3) is 5.82 Å². The summed E-state index contributed by atoms with van der Waals surface area (Å²) in [7, 11) is -2.26. The van der Waals surface area contributed by atoms with Gasteiger partial charge in [-0.1, -0.05) is 6.92 Å². The van der Waals surface area contributed by atoms with Gasteiger partial charge in [-0.15, -0.1) is 10.2 Å². The second-order valence-electron chi connectivity index (χ2n) is 7.35. The molecule has 4 rings (SSSR count). The first-order valence-electron chi connectivity index (χ1n) is 10.3. The molecule has 10 nitrogen and oxygen atoms in total. The molecule has 1 saturated heterocycles. The summed E-state index contributed by atoms with van der Waals surface area (Å²) in [6.07, 6.45) is 2.03. The molecule has 1 aromatic carbocycles. The smallest absolute Gasteiger partial charge is 0.257 e. The van der Waals surface area contributed by atoms with Crippen molar-refractivity contribution in [2.75, 3.05) is 33.3 Å². The van der Waals surface area contributed by atoms with Crippen LogP contribution in [0.1, 0.15) is 23.0 Å². The van der Waals surface area contributed by atoms with Crippen LogP contribution in [0, 0.1) is 5.82 Å². The van der Waals surface area contributed by atoms with Gasteiger partial charge in [0.2, 0.25) is 15.9 Å². The van der Waals surface area contributed by atoms with Crippen LogP contribution in [0.4, 0.5) is 4.39 Å². The van der Waals surface area contributed by atoms with Crippen LogP contribution in [0.15, 0.2) is 47.5 Å². The number of carbonyl (C=O) groups is 1. The molecule has 1 fully saturated rings. The predicted octanol–water partition coefficient (Wildman–Crippen LogP) is 1.52. The Morgan fingerprint density at radius 2 is 1.76 bits per heavy atom. The van der Waals surface area contributed by atoms with Crippen molar-refractivity contribution in [3.8, 4) is 11.7 Å². The lowest BCUT2D eigenvalue weighted by Crippen LogP contribution is -2.50. The van der Waals surface area contributed by atoms with Gasteiger partial charge in [-0.05, 0) is 36.8 Å². The summed E-state index contributed by atoms with van der Waals surface area (Å²) in [5.74, 6) is 0.103. The summed E-state index contributed by atoms with van der Waals surface area (Å²) >= 11 is 0. The number of halogens is 1. The molecule has 0 saturated carbocycles. The first-order valence-corrected chi connectivity index (χ1v) is 11.8. The Bertz CT molecular complexity index is 1240. The lowest BCUT2D eigenvalue weighted by atomic mass is 10.1. The molecule has 3 aromatic rings. The maximum absolute atomic E-state index is 13.2. The third-order valence-electron chi connectivity index (χ3n) is 5.46. The molecule has 0 bridgehead atoms. The molecular weight excluding hydrogens is 451 g/mol. The van der Waals surface area contributed by atoms with Crippen LogP contribution in [-0.4, -0.2) is 76.8 Å². The van der Waals surface area contributed by atoms with Crippen molar-refractivity contribution in [2.45, 2.75) is 18.2 Å². The van der Waals surface area contributed by atoms with E-state index in [1.54, 1.807) is 21.7 Å². The molecule has 0 atom stereocenters. The Morgan fingerprint density at radius 1 is 1.06 bits per heavy atom. The topological polar surface area (TPSA) is 111 Å². The minimum absolute atomic E-state index is 0.0267. The first kappa shape index (κ1) is 22.8. The fraction of sp³-hybridized carbons (Fsp3) is 0.333. The number of methoxy groups -OCH3 is 1. The summed E-state index contributed by atoms with van der Waals surface area (Å²) in [5.41, 5.74) is 1.12. The average molecular weight is 475 g/mol. The van der Waals surface area contributed by atoms with Gasteiger partial charge in [-0.3, -0.25) is 4.79 Å². The number of benzene rings is 1. The van der Waals surface area contributed by atoms with Crippen molar-refractivity contribution >= 4 is 15.9 Å². The number of amides is 1. The van der Waals surface area contributed by atoms with E-state index < -0.39 is 15.8 Å². The van der Waals surface area contributed by atoms with Gasteiger partial charge in [0.05, 0.1) is 29.5 Å². The largest absolute Gasteiger partial charge is 0.480 e. The molecule has 174 valence electrons. The zero-order valence-corrected chi connectivity index (χ0v) is 19.0. The highest BCUT2D eigenvalue weighted by Gasteiger charge is 2.31. The second-order valence-corrected chi connectivity index (χ2v) is 9.29. The van der Waals surface area contributed by atoms with Crippen molar-refractivity contribution in [3.63, 3.8) is 0 Å².